The highest BCUT2D eigenvalue weighted by Gasteiger charge is 2.40. The van der Waals surface area contributed by atoms with Crippen LogP contribution >= 0.6 is 15.8 Å². The van der Waals surface area contributed by atoms with E-state index in [-0.39, 0.29) is 15.8 Å². The number of hydrogen-bond acceptors (Lipinski definition) is 0. The lowest BCUT2D eigenvalue weighted by molar-refractivity contribution is 0.486. The third-order valence-electron chi connectivity index (χ3n) is 12.8. The molecule has 6 rings (SSSR count). The van der Waals surface area contributed by atoms with Crippen molar-refractivity contribution in [2.75, 3.05) is 0 Å². The van der Waals surface area contributed by atoms with Crippen molar-refractivity contribution in [3.05, 3.63) is 47.0 Å². The molecule has 0 aliphatic heterocycles. The van der Waals surface area contributed by atoms with Crippen molar-refractivity contribution in [3.63, 3.8) is 0 Å². The SMILES string of the molecule is CC(C)c1cc(C(C)C)c(-c2cccc(P(C3CCCCC3)C3CCCCC3)c2P(C2CCCCC2)C2CCCCC2)c(C(C)C)c1. The fraction of sp³-hybridized carbons (Fsp3) is 0.733. The first-order chi connectivity index (χ1) is 22.8. The summed E-state index contributed by atoms with van der Waals surface area (Å²) in [4.78, 5) is 0. The van der Waals surface area contributed by atoms with E-state index < -0.39 is 0 Å². The predicted molar refractivity (Wildman–Crippen MR) is 215 cm³/mol. The normalized spacial score (nSPS) is 21.6. The Morgan fingerprint density at radius 2 is 0.851 bits per heavy atom. The molecule has 4 aliphatic rings. The summed E-state index contributed by atoms with van der Waals surface area (Å²) in [6.07, 6.45) is 29.8. The van der Waals surface area contributed by atoms with Crippen LogP contribution in [0.3, 0.4) is 0 Å². The first-order valence-corrected chi connectivity index (χ1v) is 23.7. The van der Waals surface area contributed by atoms with E-state index in [4.69, 9.17) is 0 Å². The highest BCUT2D eigenvalue weighted by atomic mass is 31.1. The number of benzene rings is 2. The zero-order valence-electron chi connectivity index (χ0n) is 31.5. The van der Waals surface area contributed by atoms with Crippen LogP contribution in [0.15, 0.2) is 30.3 Å². The average Bonchev–Trinajstić information content (AvgIpc) is 3.10. The molecule has 260 valence electrons. The Kier molecular flexibility index (Phi) is 13.1. The second-order valence-electron chi connectivity index (χ2n) is 17.2. The third-order valence-corrected chi connectivity index (χ3v) is 20.1. The summed E-state index contributed by atoms with van der Waals surface area (Å²) in [7, 11) is -0.343. The van der Waals surface area contributed by atoms with Gasteiger partial charge in [0.25, 0.3) is 0 Å². The molecule has 0 nitrogen and oxygen atoms in total. The number of rotatable bonds is 10. The zero-order valence-corrected chi connectivity index (χ0v) is 33.3. The maximum atomic E-state index is 2.78. The minimum Gasteiger partial charge on any atom is -0.0682 e. The van der Waals surface area contributed by atoms with Crippen LogP contribution < -0.4 is 10.6 Å². The van der Waals surface area contributed by atoms with E-state index in [0.29, 0.717) is 17.8 Å². The summed E-state index contributed by atoms with van der Waals surface area (Å²) < 4.78 is 0. The maximum absolute atomic E-state index is 2.78. The molecule has 4 fully saturated rings. The van der Waals surface area contributed by atoms with Gasteiger partial charge in [0.15, 0.2) is 0 Å². The van der Waals surface area contributed by atoms with Crippen molar-refractivity contribution in [2.45, 2.75) is 210 Å². The topological polar surface area (TPSA) is 0 Å². The summed E-state index contributed by atoms with van der Waals surface area (Å²) in [5.41, 5.74) is 12.0. The Morgan fingerprint density at radius 1 is 0.468 bits per heavy atom. The molecule has 0 radical (unpaired) electrons. The summed E-state index contributed by atoms with van der Waals surface area (Å²) in [5.74, 6) is 1.63. The van der Waals surface area contributed by atoms with Crippen LogP contribution in [0.4, 0.5) is 0 Å². The van der Waals surface area contributed by atoms with E-state index >= 15 is 0 Å². The van der Waals surface area contributed by atoms with E-state index in [1.165, 1.54) is 128 Å². The monoisotopic (exact) mass is 672 g/mol. The van der Waals surface area contributed by atoms with Crippen LogP contribution in [0.1, 0.15) is 204 Å². The Hall–Kier alpha value is -0.700. The van der Waals surface area contributed by atoms with E-state index in [0.717, 1.165) is 22.6 Å². The lowest BCUT2D eigenvalue weighted by Gasteiger charge is -2.45. The van der Waals surface area contributed by atoms with Crippen LogP contribution in [-0.4, -0.2) is 22.6 Å². The molecular formula is C45H70P2. The van der Waals surface area contributed by atoms with Gasteiger partial charge in [0.1, 0.15) is 0 Å². The molecule has 2 heteroatoms. The van der Waals surface area contributed by atoms with Gasteiger partial charge in [-0.2, -0.15) is 0 Å². The van der Waals surface area contributed by atoms with Gasteiger partial charge in [-0.3, -0.25) is 0 Å². The van der Waals surface area contributed by atoms with Crippen LogP contribution in [0.5, 0.6) is 0 Å². The smallest absolute Gasteiger partial charge is 0.00799 e. The van der Waals surface area contributed by atoms with Gasteiger partial charge in [-0.1, -0.05) is 165 Å². The molecule has 0 bridgehead atoms. The lowest BCUT2D eigenvalue weighted by Crippen LogP contribution is -2.38. The highest BCUT2D eigenvalue weighted by molar-refractivity contribution is 7.73. The van der Waals surface area contributed by atoms with Gasteiger partial charge in [0, 0.05) is 0 Å². The van der Waals surface area contributed by atoms with E-state index in [2.05, 4.69) is 71.9 Å². The second kappa shape index (κ2) is 17.0. The predicted octanol–water partition coefficient (Wildman–Crippen LogP) is 14.3. The molecule has 0 atom stereocenters. The van der Waals surface area contributed by atoms with E-state index in [1.54, 1.807) is 27.8 Å². The van der Waals surface area contributed by atoms with Crippen LogP contribution in [0.25, 0.3) is 11.1 Å². The van der Waals surface area contributed by atoms with Crippen molar-refractivity contribution in [1.82, 2.24) is 0 Å². The first kappa shape index (κ1) is 36.1. The summed E-state index contributed by atoms with van der Waals surface area (Å²) in [6.45, 7) is 14.7. The van der Waals surface area contributed by atoms with Gasteiger partial charge in [-0.05, 0) is 130 Å². The molecule has 0 N–H and O–H groups in total. The molecule has 2 aromatic carbocycles. The van der Waals surface area contributed by atoms with Crippen LogP contribution in [0, 0.1) is 0 Å². The Morgan fingerprint density at radius 3 is 1.21 bits per heavy atom. The Labute approximate surface area is 294 Å². The number of hydrogen-bond donors (Lipinski definition) is 0. The summed E-state index contributed by atoms with van der Waals surface area (Å²) in [5, 5.41) is 3.94. The average molecular weight is 673 g/mol. The van der Waals surface area contributed by atoms with Gasteiger partial charge in [-0.25, -0.2) is 0 Å². The molecule has 0 saturated heterocycles. The maximum Gasteiger partial charge on any atom is -0.00799 e. The molecule has 2 aromatic rings. The quantitative estimate of drug-likeness (QED) is 0.220. The fourth-order valence-electron chi connectivity index (χ4n) is 10.3. The molecular weight excluding hydrogens is 602 g/mol. The minimum atomic E-state index is -0.199. The van der Waals surface area contributed by atoms with Gasteiger partial charge in [-0.15, -0.1) is 0 Å². The van der Waals surface area contributed by atoms with Crippen molar-refractivity contribution >= 4 is 26.5 Å². The van der Waals surface area contributed by atoms with Crippen molar-refractivity contribution in [2.24, 2.45) is 0 Å². The highest BCUT2D eigenvalue weighted by Crippen LogP contribution is 2.61. The fourth-order valence-corrected chi connectivity index (χ4v) is 18.8. The third kappa shape index (κ3) is 8.28. The largest absolute Gasteiger partial charge is 0.0682 e. The first-order valence-electron chi connectivity index (χ1n) is 20.7. The van der Waals surface area contributed by atoms with Crippen molar-refractivity contribution in [1.29, 1.82) is 0 Å². The Balaban J connectivity index is 1.65. The van der Waals surface area contributed by atoms with Gasteiger partial charge in [0.05, 0.1) is 0 Å². The summed E-state index contributed by atoms with van der Waals surface area (Å²) in [6, 6.07) is 13.3. The van der Waals surface area contributed by atoms with Gasteiger partial charge in [0.2, 0.25) is 0 Å². The van der Waals surface area contributed by atoms with Crippen molar-refractivity contribution < 1.29 is 0 Å². The molecule has 0 unspecified atom stereocenters. The molecule has 0 heterocycles. The molecule has 47 heavy (non-hydrogen) atoms. The van der Waals surface area contributed by atoms with Crippen LogP contribution in [0.2, 0.25) is 0 Å². The second-order valence-corrected chi connectivity index (χ2v) is 22.7. The van der Waals surface area contributed by atoms with Gasteiger partial charge < -0.3 is 0 Å². The molecule has 4 aliphatic carbocycles. The van der Waals surface area contributed by atoms with E-state index in [1.807, 2.05) is 10.6 Å². The van der Waals surface area contributed by atoms with Crippen molar-refractivity contribution in [3.8, 4) is 11.1 Å². The molecule has 4 saturated carbocycles. The zero-order chi connectivity index (χ0) is 32.9. The minimum absolute atomic E-state index is 0.144. The lowest BCUT2D eigenvalue weighted by atomic mass is 9.82. The molecule has 0 amide bonds. The van der Waals surface area contributed by atoms with Gasteiger partial charge >= 0.3 is 0 Å². The van der Waals surface area contributed by atoms with Crippen LogP contribution in [-0.2, 0) is 0 Å². The molecule has 0 aromatic heterocycles. The standard InChI is InChI=1S/C45H70P2/c1-32(2)35-30-41(33(3)4)44(42(31-35)34(5)6)40-28-19-29-43(46(36-20-11-7-12-21-36)37-22-13-8-14-23-37)45(40)47(38-24-15-9-16-25-38)39-26-17-10-18-27-39/h19,28-34,36-39H,7-18,20-27H2,1-6H3. The Bertz CT molecular complexity index is 1200. The molecule has 0 spiro atoms. The summed E-state index contributed by atoms with van der Waals surface area (Å²) >= 11 is 0. The van der Waals surface area contributed by atoms with E-state index in [9.17, 15) is 0 Å².